The molecule has 1 aromatic heterocycles. The molecule has 4 rings (SSSR count). The van der Waals surface area contributed by atoms with Crippen LogP contribution in [0.25, 0.3) is 11.8 Å². The van der Waals surface area contributed by atoms with Gasteiger partial charge in [-0.3, -0.25) is 25.0 Å². The molecule has 1 fully saturated rings. The van der Waals surface area contributed by atoms with Crippen LogP contribution in [0.5, 0.6) is 0 Å². The highest BCUT2D eigenvalue weighted by atomic mass is 19.1. The second-order valence-electron chi connectivity index (χ2n) is 7.82. The lowest BCUT2D eigenvalue weighted by Crippen LogP contribution is -2.54. The first-order valence-electron chi connectivity index (χ1n) is 10.2. The van der Waals surface area contributed by atoms with Crippen molar-refractivity contribution >= 4 is 35.3 Å². The van der Waals surface area contributed by atoms with Crippen LogP contribution in [0.3, 0.4) is 0 Å². The van der Waals surface area contributed by atoms with Gasteiger partial charge in [-0.1, -0.05) is 6.07 Å². The minimum atomic E-state index is -0.934. The number of hydrogen-bond donors (Lipinski definition) is 1. The molecule has 0 spiro atoms. The minimum Gasteiger partial charge on any atom is -0.318 e. The second kappa shape index (κ2) is 8.39. The number of aryl methyl sites for hydroxylation is 2. The van der Waals surface area contributed by atoms with Crippen LogP contribution >= 0.6 is 0 Å². The van der Waals surface area contributed by atoms with Crippen LogP contribution in [0.4, 0.5) is 20.6 Å². The summed E-state index contributed by atoms with van der Waals surface area (Å²) in [7, 11) is 0. The van der Waals surface area contributed by atoms with E-state index in [-0.39, 0.29) is 16.9 Å². The normalized spacial score (nSPS) is 15.1. The Morgan fingerprint density at radius 1 is 0.971 bits per heavy atom. The van der Waals surface area contributed by atoms with E-state index in [1.165, 1.54) is 24.3 Å². The molecule has 2 heterocycles. The largest absolute Gasteiger partial charge is 0.335 e. The first kappa shape index (κ1) is 22.6. The van der Waals surface area contributed by atoms with Crippen molar-refractivity contribution in [2.24, 2.45) is 0 Å². The molecule has 1 aliphatic heterocycles. The molecule has 1 aliphatic rings. The number of nitro benzene ring substituents is 1. The quantitative estimate of drug-likeness (QED) is 0.271. The van der Waals surface area contributed by atoms with Crippen LogP contribution in [0, 0.1) is 36.7 Å². The molecule has 9 nitrogen and oxygen atoms in total. The summed E-state index contributed by atoms with van der Waals surface area (Å²) in [5, 5.41) is 13.5. The van der Waals surface area contributed by atoms with E-state index in [1.807, 2.05) is 0 Å². The highest BCUT2D eigenvalue weighted by Gasteiger charge is 2.37. The fourth-order valence-electron chi connectivity index (χ4n) is 3.90. The van der Waals surface area contributed by atoms with Gasteiger partial charge in [0.1, 0.15) is 11.4 Å². The van der Waals surface area contributed by atoms with Crippen molar-refractivity contribution in [3.63, 3.8) is 0 Å². The van der Waals surface area contributed by atoms with Crippen LogP contribution in [-0.4, -0.2) is 27.3 Å². The zero-order valence-corrected chi connectivity index (χ0v) is 18.5. The van der Waals surface area contributed by atoms with E-state index in [0.29, 0.717) is 22.5 Å². The molecular formula is C24H19FN4O5. The topological polar surface area (TPSA) is 115 Å². The summed E-state index contributed by atoms with van der Waals surface area (Å²) in [6.07, 6.45) is 1.36. The summed E-state index contributed by atoms with van der Waals surface area (Å²) in [5.41, 5.74) is 2.76. The number of halogens is 1. The first-order chi connectivity index (χ1) is 16.1. The van der Waals surface area contributed by atoms with Gasteiger partial charge in [0.05, 0.1) is 16.3 Å². The number of nitrogens with one attached hydrogen (secondary N) is 1. The van der Waals surface area contributed by atoms with Crippen molar-refractivity contribution in [1.29, 1.82) is 0 Å². The van der Waals surface area contributed by atoms with E-state index in [0.717, 1.165) is 22.7 Å². The molecule has 0 radical (unpaired) electrons. The predicted molar refractivity (Wildman–Crippen MR) is 122 cm³/mol. The Labute approximate surface area is 193 Å². The van der Waals surface area contributed by atoms with Crippen molar-refractivity contribution in [3.8, 4) is 5.69 Å². The van der Waals surface area contributed by atoms with Gasteiger partial charge in [0.15, 0.2) is 0 Å². The van der Waals surface area contributed by atoms with Gasteiger partial charge in [-0.15, -0.1) is 0 Å². The van der Waals surface area contributed by atoms with Crippen molar-refractivity contribution < 1.29 is 23.7 Å². The molecule has 1 saturated heterocycles. The molecule has 172 valence electrons. The van der Waals surface area contributed by atoms with Gasteiger partial charge in [-0.25, -0.2) is 14.1 Å². The first-order valence-corrected chi connectivity index (χ1v) is 10.2. The molecule has 34 heavy (non-hydrogen) atoms. The molecule has 10 heteroatoms. The summed E-state index contributed by atoms with van der Waals surface area (Å²) in [6.45, 7) is 5.19. The summed E-state index contributed by atoms with van der Waals surface area (Å²) in [4.78, 5) is 49.5. The van der Waals surface area contributed by atoms with E-state index < -0.39 is 28.6 Å². The fourth-order valence-corrected chi connectivity index (χ4v) is 3.90. The maximum atomic E-state index is 13.3. The lowest BCUT2D eigenvalue weighted by atomic mass is 10.1. The second-order valence-corrected chi connectivity index (χ2v) is 7.82. The standard InChI is InChI=1S/C24H19FN4O5/c1-13-4-7-19(12-21(13)29(33)34)27-14(2)10-16(15(27)3)11-20-22(30)26-24(32)28(23(20)31)18-8-5-17(25)6-9-18/h4-12H,1-3H3,(H,26,30,32)/b20-11+. The maximum Gasteiger partial charge on any atom is 0.335 e. The summed E-state index contributed by atoms with van der Waals surface area (Å²) in [6, 6.07) is 10.4. The van der Waals surface area contributed by atoms with Gasteiger partial charge in [0, 0.05) is 23.0 Å². The number of nitro groups is 1. The zero-order chi connectivity index (χ0) is 24.7. The number of aromatic nitrogens is 1. The number of anilines is 1. The smallest absolute Gasteiger partial charge is 0.318 e. The number of imide groups is 2. The van der Waals surface area contributed by atoms with Gasteiger partial charge in [-0.2, -0.15) is 0 Å². The lowest BCUT2D eigenvalue weighted by Gasteiger charge is -2.26. The number of hydrogen-bond acceptors (Lipinski definition) is 5. The Hall–Kier alpha value is -4.60. The highest BCUT2D eigenvalue weighted by Crippen LogP contribution is 2.28. The number of carbonyl (C=O) groups is 3. The van der Waals surface area contributed by atoms with E-state index in [4.69, 9.17) is 0 Å². The molecular weight excluding hydrogens is 443 g/mol. The van der Waals surface area contributed by atoms with Crippen LogP contribution in [0.2, 0.25) is 0 Å². The SMILES string of the molecule is Cc1ccc(-n2c(C)cc(/C=C3\C(=O)NC(=O)N(c4ccc(F)cc4)C3=O)c2C)cc1[N+](=O)[O-]. The van der Waals surface area contributed by atoms with Gasteiger partial charge < -0.3 is 4.57 Å². The third-order valence-electron chi connectivity index (χ3n) is 5.60. The number of barbiturate groups is 1. The maximum absolute atomic E-state index is 13.3. The van der Waals surface area contributed by atoms with Crippen molar-refractivity contribution in [2.45, 2.75) is 20.8 Å². The number of urea groups is 1. The molecule has 3 aromatic rings. The molecule has 0 atom stereocenters. The Morgan fingerprint density at radius 3 is 2.26 bits per heavy atom. The van der Waals surface area contributed by atoms with Crippen molar-refractivity contribution in [2.75, 3.05) is 4.90 Å². The monoisotopic (exact) mass is 462 g/mol. The third-order valence-corrected chi connectivity index (χ3v) is 5.60. The number of nitrogens with zero attached hydrogens (tertiary/aromatic N) is 3. The van der Waals surface area contributed by atoms with Crippen LogP contribution < -0.4 is 10.2 Å². The molecule has 0 bridgehead atoms. The van der Waals surface area contributed by atoms with Crippen LogP contribution in [0.15, 0.2) is 54.1 Å². The zero-order valence-electron chi connectivity index (χ0n) is 18.5. The van der Waals surface area contributed by atoms with E-state index >= 15 is 0 Å². The Kier molecular flexibility index (Phi) is 5.58. The lowest BCUT2D eigenvalue weighted by molar-refractivity contribution is -0.385. The van der Waals surface area contributed by atoms with E-state index in [9.17, 15) is 28.9 Å². The van der Waals surface area contributed by atoms with Gasteiger partial charge in [0.25, 0.3) is 17.5 Å². The highest BCUT2D eigenvalue weighted by molar-refractivity contribution is 6.39. The molecule has 2 aromatic carbocycles. The summed E-state index contributed by atoms with van der Waals surface area (Å²) >= 11 is 0. The Balaban J connectivity index is 1.77. The van der Waals surface area contributed by atoms with Crippen molar-refractivity contribution in [1.82, 2.24) is 9.88 Å². The Bertz CT molecular complexity index is 1410. The van der Waals surface area contributed by atoms with Gasteiger partial charge >= 0.3 is 6.03 Å². The average molecular weight is 462 g/mol. The Morgan fingerprint density at radius 2 is 1.62 bits per heavy atom. The number of amides is 4. The van der Waals surface area contributed by atoms with E-state index in [2.05, 4.69) is 5.32 Å². The van der Waals surface area contributed by atoms with Crippen LogP contribution in [0.1, 0.15) is 22.5 Å². The average Bonchev–Trinajstić information content (AvgIpc) is 3.05. The fraction of sp³-hybridized carbons (Fsp3) is 0.125. The summed E-state index contributed by atoms with van der Waals surface area (Å²) < 4.78 is 15.1. The van der Waals surface area contributed by atoms with Gasteiger partial charge in [0.2, 0.25) is 0 Å². The number of rotatable bonds is 4. The number of benzene rings is 2. The molecule has 1 N–H and O–H groups in total. The molecule has 0 aliphatic carbocycles. The van der Waals surface area contributed by atoms with Crippen LogP contribution in [-0.2, 0) is 9.59 Å². The summed E-state index contributed by atoms with van der Waals surface area (Å²) in [5.74, 6) is -2.25. The molecule has 4 amide bonds. The van der Waals surface area contributed by atoms with E-state index in [1.54, 1.807) is 43.5 Å². The predicted octanol–water partition coefficient (Wildman–Crippen LogP) is 4.12. The number of carbonyl (C=O) groups excluding carboxylic acids is 3. The third kappa shape index (κ3) is 3.85. The molecule has 0 unspecified atom stereocenters. The minimum absolute atomic E-state index is 0.0276. The van der Waals surface area contributed by atoms with Gasteiger partial charge in [-0.05, 0) is 68.8 Å². The molecule has 0 saturated carbocycles. The van der Waals surface area contributed by atoms with Crippen molar-refractivity contribution in [3.05, 3.63) is 92.6 Å².